The van der Waals surface area contributed by atoms with Gasteiger partial charge in [-0.1, -0.05) is 48.0 Å². The van der Waals surface area contributed by atoms with Crippen molar-refractivity contribution in [3.05, 3.63) is 77.0 Å². The Morgan fingerprint density at radius 1 is 1.03 bits per heavy atom. The van der Waals surface area contributed by atoms with Crippen LogP contribution in [0.5, 0.6) is 0 Å². The number of ether oxygens (including phenoxy) is 2. The molecule has 0 radical (unpaired) electrons. The van der Waals surface area contributed by atoms with E-state index in [1.165, 1.54) is 0 Å². The Morgan fingerprint density at radius 2 is 1.66 bits per heavy atom. The summed E-state index contributed by atoms with van der Waals surface area (Å²) in [6.07, 6.45) is 0.0713. The van der Waals surface area contributed by atoms with E-state index in [0.717, 1.165) is 16.8 Å². The van der Waals surface area contributed by atoms with Gasteiger partial charge in [0.15, 0.2) is 0 Å². The van der Waals surface area contributed by atoms with E-state index >= 15 is 0 Å². The van der Waals surface area contributed by atoms with E-state index < -0.39 is 29.4 Å². The number of rotatable bonds is 7. The minimum absolute atomic E-state index is 0.0713. The molecule has 1 aliphatic rings. The standard InChI is InChI=1S/C26H31NO5/c1-5-31-24(28)22-20(27-19-14-12-17(3)13-15-19)16-26(4,30)23(25(29)32-6-2)21(22)18-10-8-7-9-11-18/h7-15,21,23,27,30H,5-6,16H2,1-4H3/t21-,23+,26+/m1/s1. The number of nitrogens with one attached hydrogen (secondary N) is 1. The Hall–Kier alpha value is -3.12. The fourth-order valence-electron chi connectivity index (χ4n) is 4.30. The summed E-state index contributed by atoms with van der Waals surface area (Å²) in [5, 5.41) is 14.8. The summed E-state index contributed by atoms with van der Waals surface area (Å²) in [4.78, 5) is 26.3. The molecule has 0 fully saturated rings. The number of aryl methyl sites for hydroxylation is 1. The van der Waals surface area contributed by atoms with Crippen molar-refractivity contribution in [1.82, 2.24) is 0 Å². The molecule has 3 rings (SSSR count). The molecule has 0 saturated carbocycles. The van der Waals surface area contributed by atoms with E-state index in [0.29, 0.717) is 11.3 Å². The van der Waals surface area contributed by atoms with Gasteiger partial charge in [0.05, 0.1) is 30.3 Å². The second kappa shape index (κ2) is 10.0. The molecule has 3 atom stereocenters. The monoisotopic (exact) mass is 437 g/mol. The minimum atomic E-state index is -1.45. The number of hydrogen-bond acceptors (Lipinski definition) is 6. The summed E-state index contributed by atoms with van der Waals surface area (Å²) in [7, 11) is 0. The zero-order chi connectivity index (χ0) is 23.3. The summed E-state index contributed by atoms with van der Waals surface area (Å²) in [6.45, 7) is 7.45. The van der Waals surface area contributed by atoms with Gasteiger partial charge in [-0.3, -0.25) is 4.79 Å². The van der Waals surface area contributed by atoms with Crippen molar-refractivity contribution in [1.29, 1.82) is 0 Å². The van der Waals surface area contributed by atoms with Gasteiger partial charge in [0.1, 0.15) is 0 Å². The number of anilines is 1. The largest absolute Gasteiger partial charge is 0.466 e. The third-order valence-electron chi connectivity index (χ3n) is 5.72. The van der Waals surface area contributed by atoms with Crippen LogP contribution in [-0.4, -0.2) is 35.9 Å². The second-order valence-corrected chi connectivity index (χ2v) is 8.26. The lowest BCUT2D eigenvalue weighted by molar-refractivity contribution is -0.159. The maximum Gasteiger partial charge on any atom is 0.336 e. The van der Waals surface area contributed by atoms with Gasteiger partial charge >= 0.3 is 11.9 Å². The molecule has 6 nitrogen and oxygen atoms in total. The zero-order valence-electron chi connectivity index (χ0n) is 19.1. The van der Waals surface area contributed by atoms with Crippen LogP contribution < -0.4 is 5.32 Å². The number of carbonyl (C=O) groups excluding carboxylic acids is 2. The van der Waals surface area contributed by atoms with Gasteiger partial charge < -0.3 is 19.9 Å². The van der Waals surface area contributed by atoms with E-state index in [1.807, 2.05) is 61.5 Å². The fraction of sp³-hybridized carbons (Fsp3) is 0.385. The first kappa shape index (κ1) is 23.5. The molecule has 0 bridgehead atoms. The van der Waals surface area contributed by atoms with Crippen molar-refractivity contribution in [2.24, 2.45) is 5.92 Å². The molecule has 2 aromatic rings. The highest BCUT2D eigenvalue weighted by atomic mass is 16.5. The molecule has 170 valence electrons. The number of aliphatic hydroxyl groups is 1. The normalized spacial score (nSPS) is 22.9. The molecule has 2 N–H and O–H groups in total. The summed E-state index contributed by atoms with van der Waals surface area (Å²) >= 11 is 0. The molecule has 0 aliphatic heterocycles. The molecule has 0 unspecified atom stereocenters. The Balaban J connectivity index is 2.21. The number of hydrogen-bond donors (Lipinski definition) is 2. The lowest BCUT2D eigenvalue weighted by Crippen LogP contribution is -2.49. The maximum atomic E-state index is 13.2. The Kier molecular flexibility index (Phi) is 7.36. The molecule has 6 heteroatoms. The molecule has 0 spiro atoms. The third-order valence-corrected chi connectivity index (χ3v) is 5.72. The number of esters is 2. The van der Waals surface area contributed by atoms with Crippen LogP contribution in [0.3, 0.4) is 0 Å². The van der Waals surface area contributed by atoms with Crippen molar-refractivity contribution in [3.63, 3.8) is 0 Å². The van der Waals surface area contributed by atoms with Crippen LogP contribution in [0.4, 0.5) is 5.69 Å². The van der Waals surface area contributed by atoms with Gasteiger partial charge in [0, 0.05) is 23.7 Å². The molecular formula is C26H31NO5. The first-order valence-corrected chi connectivity index (χ1v) is 11.0. The molecule has 0 heterocycles. The maximum absolute atomic E-state index is 13.2. The summed E-state index contributed by atoms with van der Waals surface area (Å²) < 4.78 is 10.7. The van der Waals surface area contributed by atoms with Crippen LogP contribution in [0, 0.1) is 12.8 Å². The summed E-state index contributed by atoms with van der Waals surface area (Å²) in [5.41, 5.74) is 2.04. The molecular weight excluding hydrogens is 406 g/mol. The highest BCUT2D eigenvalue weighted by Gasteiger charge is 2.52. The smallest absolute Gasteiger partial charge is 0.336 e. The zero-order valence-corrected chi connectivity index (χ0v) is 19.1. The van der Waals surface area contributed by atoms with Gasteiger partial charge in [-0.05, 0) is 45.4 Å². The van der Waals surface area contributed by atoms with Crippen molar-refractivity contribution in [2.75, 3.05) is 18.5 Å². The van der Waals surface area contributed by atoms with Gasteiger partial charge in [-0.25, -0.2) is 4.79 Å². The quantitative estimate of drug-likeness (QED) is 0.627. The Labute approximate surface area is 189 Å². The fourth-order valence-corrected chi connectivity index (χ4v) is 4.30. The topological polar surface area (TPSA) is 84.9 Å². The molecule has 0 amide bonds. The molecule has 2 aromatic carbocycles. The van der Waals surface area contributed by atoms with E-state index in [9.17, 15) is 14.7 Å². The first-order chi connectivity index (χ1) is 15.3. The van der Waals surface area contributed by atoms with Gasteiger partial charge in [0.25, 0.3) is 0 Å². The van der Waals surface area contributed by atoms with E-state index in [4.69, 9.17) is 9.47 Å². The van der Waals surface area contributed by atoms with Crippen LogP contribution >= 0.6 is 0 Å². The highest BCUT2D eigenvalue weighted by molar-refractivity contribution is 5.94. The number of benzene rings is 2. The van der Waals surface area contributed by atoms with Gasteiger partial charge in [-0.15, -0.1) is 0 Å². The van der Waals surface area contributed by atoms with Crippen LogP contribution in [0.1, 0.15) is 44.2 Å². The van der Waals surface area contributed by atoms with Crippen LogP contribution in [0.25, 0.3) is 0 Å². The van der Waals surface area contributed by atoms with Gasteiger partial charge in [0.2, 0.25) is 0 Å². The molecule has 0 aromatic heterocycles. The van der Waals surface area contributed by atoms with Gasteiger partial charge in [-0.2, -0.15) is 0 Å². The van der Waals surface area contributed by atoms with Crippen molar-refractivity contribution in [3.8, 4) is 0 Å². The first-order valence-electron chi connectivity index (χ1n) is 11.0. The van der Waals surface area contributed by atoms with E-state index in [-0.39, 0.29) is 19.6 Å². The number of carbonyl (C=O) groups is 2. The lowest BCUT2D eigenvalue weighted by atomic mass is 9.66. The average molecular weight is 438 g/mol. The molecule has 32 heavy (non-hydrogen) atoms. The third kappa shape index (κ3) is 5.02. The predicted octanol–water partition coefficient (Wildman–Crippen LogP) is 4.34. The SMILES string of the molecule is CCOC(=O)C1=C(Nc2ccc(C)cc2)C[C@](C)(O)[C@H](C(=O)OCC)[C@@H]1c1ccccc1. The minimum Gasteiger partial charge on any atom is -0.466 e. The lowest BCUT2D eigenvalue weighted by Gasteiger charge is -2.43. The van der Waals surface area contributed by atoms with Crippen LogP contribution in [-0.2, 0) is 19.1 Å². The van der Waals surface area contributed by atoms with Crippen molar-refractivity contribution in [2.45, 2.75) is 45.6 Å². The van der Waals surface area contributed by atoms with Crippen LogP contribution in [0.15, 0.2) is 65.9 Å². The Morgan fingerprint density at radius 3 is 2.25 bits per heavy atom. The highest BCUT2D eigenvalue weighted by Crippen LogP contribution is 2.48. The predicted molar refractivity (Wildman–Crippen MR) is 123 cm³/mol. The Bertz CT molecular complexity index is 979. The summed E-state index contributed by atoms with van der Waals surface area (Å²) in [6, 6.07) is 17.0. The molecule has 1 aliphatic carbocycles. The van der Waals surface area contributed by atoms with E-state index in [1.54, 1.807) is 20.8 Å². The van der Waals surface area contributed by atoms with Crippen molar-refractivity contribution < 1.29 is 24.2 Å². The average Bonchev–Trinajstić information content (AvgIpc) is 2.75. The van der Waals surface area contributed by atoms with Crippen molar-refractivity contribution >= 4 is 17.6 Å². The van der Waals surface area contributed by atoms with Crippen LogP contribution in [0.2, 0.25) is 0 Å². The molecule has 0 saturated heterocycles. The summed E-state index contributed by atoms with van der Waals surface area (Å²) in [5.74, 6) is -2.75. The van der Waals surface area contributed by atoms with E-state index in [2.05, 4.69) is 5.32 Å². The second-order valence-electron chi connectivity index (χ2n) is 8.26.